The van der Waals surface area contributed by atoms with Crippen LogP contribution in [0.5, 0.6) is 0 Å². The Morgan fingerprint density at radius 2 is 1.81 bits per heavy atom. The van der Waals surface area contributed by atoms with Crippen molar-refractivity contribution < 1.29 is 9.59 Å². The second kappa shape index (κ2) is 15.1. The molecule has 0 spiro atoms. The lowest BCUT2D eigenvalue weighted by molar-refractivity contribution is -0.114. The summed E-state index contributed by atoms with van der Waals surface area (Å²) in [4.78, 5) is 28.7. The van der Waals surface area contributed by atoms with Gasteiger partial charge in [-0.25, -0.2) is 0 Å². The van der Waals surface area contributed by atoms with Crippen LogP contribution < -0.4 is 22.1 Å². The van der Waals surface area contributed by atoms with Crippen LogP contribution in [0.15, 0.2) is 99.2 Å². The van der Waals surface area contributed by atoms with Gasteiger partial charge < -0.3 is 27.0 Å². The highest BCUT2D eigenvalue weighted by atomic mass is 32.2. The lowest BCUT2D eigenvalue weighted by Gasteiger charge is -2.14. The molecular formula is C28H34N6O2S. The molecule has 0 saturated carbocycles. The number of hydrogen-bond donors (Lipinski definition) is 4. The van der Waals surface area contributed by atoms with Gasteiger partial charge in [0.15, 0.2) is 5.70 Å². The average Bonchev–Trinajstić information content (AvgIpc) is 3.34. The van der Waals surface area contributed by atoms with E-state index in [1.54, 1.807) is 7.05 Å². The Morgan fingerprint density at radius 3 is 2.35 bits per heavy atom. The lowest BCUT2D eigenvalue weighted by atomic mass is 10.1. The molecule has 194 valence electrons. The molecule has 3 aromatic rings. The zero-order valence-corrected chi connectivity index (χ0v) is 22.2. The minimum absolute atomic E-state index is 0.144. The number of nitrogens with one attached hydrogen (secondary N) is 2. The number of aldehydes is 1. The van der Waals surface area contributed by atoms with Gasteiger partial charge in [0.25, 0.3) is 5.91 Å². The van der Waals surface area contributed by atoms with E-state index in [-0.39, 0.29) is 5.70 Å². The number of amides is 1. The number of allylic oxidation sites excluding steroid dienone is 1. The highest BCUT2D eigenvalue weighted by Gasteiger charge is 2.12. The summed E-state index contributed by atoms with van der Waals surface area (Å²) in [6.45, 7) is 7.17. The number of primary amides is 1. The molecule has 9 heteroatoms. The van der Waals surface area contributed by atoms with E-state index in [9.17, 15) is 9.59 Å². The van der Waals surface area contributed by atoms with E-state index >= 15 is 0 Å². The van der Waals surface area contributed by atoms with Crippen molar-refractivity contribution in [1.82, 2.24) is 15.5 Å². The molecule has 0 atom stereocenters. The molecule has 1 heterocycles. The van der Waals surface area contributed by atoms with Crippen LogP contribution in [0.1, 0.15) is 22.8 Å². The maximum atomic E-state index is 11.3. The molecule has 4 rings (SSSR count). The molecule has 1 aliphatic rings. The third-order valence-corrected chi connectivity index (χ3v) is 6.30. The van der Waals surface area contributed by atoms with Crippen LogP contribution in [0.2, 0.25) is 0 Å². The highest BCUT2D eigenvalue weighted by Crippen LogP contribution is 2.29. The number of benzene rings is 3. The smallest absolute Gasteiger partial charge is 0.270 e. The number of fused-ring (bicyclic) bond motifs is 1. The topological polar surface area (TPSA) is 126 Å². The molecule has 0 aromatic heterocycles. The Labute approximate surface area is 222 Å². The van der Waals surface area contributed by atoms with Crippen LogP contribution in [0.25, 0.3) is 10.8 Å². The summed E-state index contributed by atoms with van der Waals surface area (Å²) in [7, 11) is 3.22. The monoisotopic (exact) mass is 518 g/mol. The normalized spacial score (nSPS) is 12.5. The standard InChI is InChI=1S/C15H15N3OS.C12H14N2O.CH5N/c1-17-13(14(16)19)15(18-2)20-12-8-7-10-5-3-4-6-11(10)9-12;1-10-6-14(9-13-10)7-11-2-4-12(8-15)5-3-11;1-2/h3-9,18H,1H2,2H3,(H2,16,19);2-6,8,13H,7,9H2,1H3;2H2,1H3/b15-13-;;. The number of carbonyl (C=O) groups excluding carboxylic acids is 2. The van der Waals surface area contributed by atoms with Gasteiger partial charge in [0, 0.05) is 35.9 Å². The van der Waals surface area contributed by atoms with Crippen molar-refractivity contribution in [3.8, 4) is 0 Å². The molecule has 0 fully saturated rings. The molecule has 3 aromatic carbocycles. The van der Waals surface area contributed by atoms with Crippen LogP contribution in [-0.4, -0.2) is 44.6 Å². The minimum Gasteiger partial charge on any atom is -0.381 e. The van der Waals surface area contributed by atoms with Crippen molar-refractivity contribution in [3.05, 3.63) is 100 Å². The quantitative estimate of drug-likeness (QED) is 0.155. The van der Waals surface area contributed by atoms with E-state index in [4.69, 9.17) is 5.73 Å². The predicted octanol–water partition coefficient (Wildman–Crippen LogP) is 3.80. The highest BCUT2D eigenvalue weighted by molar-refractivity contribution is 8.03. The number of hydrogen-bond acceptors (Lipinski definition) is 8. The fourth-order valence-electron chi connectivity index (χ4n) is 3.46. The summed E-state index contributed by atoms with van der Waals surface area (Å²) in [5.41, 5.74) is 13.1. The summed E-state index contributed by atoms with van der Waals surface area (Å²) in [6, 6.07) is 21.9. The molecule has 1 aliphatic heterocycles. The molecule has 0 saturated heterocycles. The van der Waals surface area contributed by atoms with E-state index in [2.05, 4.69) is 58.2 Å². The van der Waals surface area contributed by atoms with Crippen LogP contribution in [0.3, 0.4) is 0 Å². The average molecular weight is 519 g/mol. The molecule has 37 heavy (non-hydrogen) atoms. The first-order valence-corrected chi connectivity index (χ1v) is 12.4. The first-order valence-electron chi connectivity index (χ1n) is 11.6. The molecular weight excluding hydrogens is 484 g/mol. The van der Waals surface area contributed by atoms with Crippen molar-refractivity contribution in [1.29, 1.82) is 0 Å². The van der Waals surface area contributed by atoms with Gasteiger partial charge in [0.1, 0.15) is 11.3 Å². The molecule has 0 radical (unpaired) electrons. The third kappa shape index (κ3) is 8.82. The van der Waals surface area contributed by atoms with Crippen LogP contribution >= 0.6 is 11.8 Å². The Balaban J connectivity index is 0.000000252. The fourth-order valence-corrected chi connectivity index (χ4v) is 4.38. The largest absolute Gasteiger partial charge is 0.381 e. The zero-order chi connectivity index (χ0) is 27.2. The van der Waals surface area contributed by atoms with E-state index < -0.39 is 5.91 Å². The van der Waals surface area contributed by atoms with Crippen molar-refractivity contribution in [2.75, 3.05) is 20.8 Å². The van der Waals surface area contributed by atoms with E-state index in [1.807, 2.05) is 54.6 Å². The number of aliphatic imine (C=N–C) groups is 1. The molecule has 0 bridgehead atoms. The van der Waals surface area contributed by atoms with Gasteiger partial charge in [0.05, 0.1) is 6.67 Å². The summed E-state index contributed by atoms with van der Waals surface area (Å²) < 4.78 is 0. The number of carbonyl (C=O) groups is 2. The first kappa shape index (κ1) is 29.2. The van der Waals surface area contributed by atoms with Gasteiger partial charge in [-0.05, 0) is 49.2 Å². The minimum atomic E-state index is -0.599. The second-order valence-corrected chi connectivity index (χ2v) is 8.90. The Bertz CT molecular complexity index is 1270. The maximum Gasteiger partial charge on any atom is 0.270 e. The van der Waals surface area contributed by atoms with E-state index in [0.717, 1.165) is 35.3 Å². The third-order valence-electron chi connectivity index (χ3n) is 5.21. The van der Waals surface area contributed by atoms with E-state index in [0.29, 0.717) is 5.03 Å². The molecule has 0 aliphatic carbocycles. The van der Waals surface area contributed by atoms with Crippen molar-refractivity contribution in [3.63, 3.8) is 0 Å². The summed E-state index contributed by atoms with van der Waals surface area (Å²) in [6.07, 6.45) is 2.97. The number of nitrogens with zero attached hydrogens (tertiary/aromatic N) is 2. The SMILES string of the molecule is C=N/C(C(N)=O)=C(/NC)Sc1ccc2ccccc2c1.CC1=CN(Cc2ccc(C=O)cc2)CN1.CN. The van der Waals surface area contributed by atoms with Gasteiger partial charge in [-0.3, -0.25) is 14.6 Å². The van der Waals surface area contributed by atoms with Crippen molar-refractivity contribution >= 4 is 41.4 Å². The van der Waals surface area contributed by atoms with Crippen LogP contribution in [0, 0.1) is 0 Å². The Morgan fingerprint density at radius 1 is 1.14 bits per heavy atom. The second-order valence-electron chi connectivity index (χ2n) is 7.81. The number of rotatable bonds is 8. The van der Waals surface area contributed by atoms with Crippen LogP contribution in [0.4, 0.5) is 0 Å². The van der Waals surface area contributed by atoms with Gasteiger partial charge in [0.2, 0.25) is 0 Å². The van der Waals surface area contributed by atoms with Gasteiger partial charge >= 0.3 is 0 Å². The molecule has 6 N–H and O–H groups in total. The first-order chi connectivity index (χ1) is 17.9. The van der Waals surface area contributed by atoms with Crippen molar-refractivity contribution in [2.45, 2.75) is 18.4 Å². The maximum absolute atomic E-state index is 11.3. The van der Waals surface area contributed by atoms with E-state index in [1.165, 1.54) is 35.5 Å². The predicted molar refractivity (Wildman–Crippen MR) is 154 cm³/mol. The summed E-state index contributed by atoms with van der Waals surface area (Å²) in [5.74, 6) is -0.599. The Hall–Kier alpha value is -4.08. The summed E-state index contributed by atoms with van der Waals surface area (Å²) >= 11 is 1.40. The molecule has 1 amide bonds. The van der Waals surface area contributed by atoms with Crippen molar-refractivity contribution in [2.24, 2.45) is 16.5 Å². The fraction of sp³-hybridized carbons (Fsp3) is 0.179. The van der Waals surface area contributed by atoms with Gasteiger partial charge in [-0.15, -0.1) is 0 Å². The molecule has 0 unspecified atom stereocenters. The number of thioether (sulfide) groups is 1. The lowest BCUT2D eigenvalue weighted by Crippen LogP contribution is -2.20. The Kier molecular flexibility index (Phi) is 11.9. The van der Waals surface area contributed by atoms with Crippen LogP contribution in [-0.2, 0) is 11.3 Å². The number of nitrogens with two attached hydrogens (primary N) is 2. The molecule has 8 nitrogen and oxygen atoms in total. The zero-order valence-electron chi connectivity index (χ0n) is 21.4. The summed E-state index contributed by atoms with van der Waals surface area (Å²) in [5, 5.41) is 9.08. The van der Waals surface area contributed by atoms with Gasteiger partial charge in [-0.1, -0.05) is 66.4 Å². The van der Waals surface area contributed by atoms with Gasteiger partial charge in [-0.2, -0.15) is 0 Å².